The largest absolute Gasteiger partial charge is 0.370 e. The molecule has 1 atom stereocenters. The van der Waals surface area contributed by atoms with Crippen LogP contribution in [0.2, 0.25) is 0 Å². The summed E-state index contributed by atoms with van der Waals surface area (Å²) in [7, 11) is 0. The van der Waals surface area contributed by atoms with E-state index in [-0.39, 0.29) is 0 Å². The third-order valence-electron chi connectivity index (χ3n) is 3.16. The lowest BCUT2D eigenvalue weighted by Crippen LogP contribution is -2.16. The van der Waals surface area contributed by atoms with Gasteiger partial charge in [-0.25, -0.2) is 9.97 Å². The molecule has 0 amide bonds. The first kappa shape index (κ1) is 13.5. The van der Waals surface area contributed by atoms with Gasteiger partial charge in [-0.2, -0.15) is 11.8 Å². The molecule has 1 aliphatic heterocycles. The van der Waals surface area contributed by atoms with Gasteiger partial charge in [0.15, 0.2) is 0 Å². The van der Waals surface area contributed by atoms with Crippen LogP contribution in [0.1, 0.15) is 32.3 Å². The minimum Gasteiger partial charge on any atom is -0.370 e. The van der Waals surface area contributed by atoms with E-state index in [0.29, 0.717) is 0 Å². The molecular weight excluding hydrogens is 244 g/mol. The molecule has 0 radical (unpaired) electrons. The van der Waals surface area contributed by atoms with Gasteiger partial charge < -0.3 is 10.6 Å². The summed E-state index contributed by atoms with van der Waals surface area (Å²) >= 11 is 2.07. The third kappa shape index (κ3) is 3.28. The molecule has 4 nitrogen and oxygen atoms in total. The van der Waals surface area contributed by atoms with Crippen molar-refractivity contribution in [1.29, 1.82) is 0 Å². The van der Waals surface area contributed by atoms with Gasteiger partial charge in [0, 0.05) is 23.9 Å². The van der Waals surface area contributed by atoms with Gasteiger partial charge in [0.05, 0.1) is 0 Å². The first-order chi connectivity index (χ1) is 8.85. The van der Waals surface area contributed by atoms with E-state index < -0.39 is 0 Å². The van der Waals surface area contributed by atoms with Crippen molar-refractivity contribution in [3.8, 4) is 0 Å². The number of nitrogens with zero attached hydrogens (tertiary/aromatic N) is 2. The van der Waals surface area contributed by atoms with Crippen molar-refractivity contribution in [2.24, 2.45) is 0 Å². The Hall–Kier alpha value is -0.970. The van der Waals surface area contributed by atoms with Crippen LogP contribution in [0.5, 0.6) is 0 Å². The summed E-state index contributed by atoms with van der Waals surface area (Å²) < 4.78 is 0. The highest BCUT2D eigenvalue weighted by atomic mass is 32.2. The molecule has 18 heavy (non-hydrogen) atoms. The standard InChI is InChI=1S/C13H22N4S/c1-3-11-12(14-4-2)16-9-17-13(11)15-8-10-6-5-7-18-10/h9-10H,3-8H2,1-2H3,(H2,14,15,16,17). The zero-order chi connectivity index (χ0) is 12.8. The lowest BCUT2D eigenvalue weighted by atomic mass is 10.2. The van der Waals surface area contributed by atoms with Gasteiger partial charge in [0.2, 0.25) is 0 Å². The maximum Gasteiger partial charge on any atom is 0.134 e. The van der Waals surface area contributed by atoms with Gasteiger partial charge in [-0.1, -0.05) is 6.92 Å². The minimum absolute atomic E-state index is 0.743. The van der Waals surface area contributed by atoms with Crippen molar-refractivity contribution >= 4 is 23.4 Å². The normalized spacial score (nSPS) is 18.9. The summed E-state index contributed by atoms with van der Waals surface area (Å²) in [6.07, 6.45) is 5.26. The SMILES string of the molecule is CCNc1ncnc(NCC2CCCS2)c1CC. The van der Waals surface area contributed by atoms with Crippen molar-refractivity contribution in [3.05, 3.63) is 11.9 Å². The van der Waals surface area contributed by atoms with E-state index in [1.54, 1.807) is 6.33 Å². The lowest BCUT2D eigenvalue weighted by Gasteiger charge is -2.15. The van der Waals surface area contributed by atoms with E-state index in [1.165, 1.54) is 24.2 Å². The average molecular weight is 266 g/mol. The van der Waals surface area contributed by atoms with Crippen LogP contribution in [0.25, 0.3) is 0 Å². The number of nitrogens with one attached hydrogen (secondary N) is 2. The second kappa shape index (κ2) is 6.83. The molecule has 0 aromatic carbocycles. The molecule has 2 heterocycles. The van der Waals surface area contributed by atoms with Gasteiger partial charge in [-0.15, -0.1) is 0 Å². The Kier molecular flexibility index (Phi) is 5.11. The quantitative estimate of drug-likeness (QED) is 0.829. The van der Waals surface area contributed by atoms with Crippen LogP contribution in [0.15, 0.2) is 6.33 Å². The van der Waals surface area contributed by atoms with Gasteiger partial charge in [-0.3, -0.25) is 0 Å². The Morgan fingerprint density at radius 2 is 2.06 bits per heavy atom. The molecule has 1 aromatic rings. The summed E-state index contributed by atoms with van der Waals surface area (Å²) in [6, 6.07) is 0. The monoisotopic (exact) mass is 266 g/mol. The zero-order valence-corrected chi connectivity index (χ0v) is 12.0. The van der Waals surface area contributed by atoms with Crippen LogP contribution in [-0.2, 0) is 6.42 Å². The Labute approximate surface area is 113 Å². The smallest absolute Gasteiger partial charge is 0.134 e. The molecule has 0 aliphatic carbocycles. The average Bonchev–Trinajstić information content (AvgIpc) is 2.90. The maximum absolute atomic E-state index is 4.38. The predicted molar refractivity (Wildman–Crippen MR) is 79.5 cm³/mol. The van der Waals surface area contributed by atoms with Gasteiger partial charge in [0.25, 0.3) is 0 Å². The van der Waals surface area contributed by atoms with E-state index in [4.69, 9.17) is 0 Å². The molecule has 0 bridgehead atoms. The number of anilines is 2. The molecule has 5 heteroatoms. The van der Waals surface area contributed by atoms with Crippen LogP contribution in [-0.4, -0.2) is 34.1 Å². The summed E-state index contributed by atoms with van der Waals surface area (Å²) in [5, 5.41) is 7.53. The number of rotatable bonds is 6. The van der Waals surface area contributed by atoms with E-state index in [2.05, 4.69) is 46.2 Å². The topological polar surface area (TPSA) is 49.8 Å². The van der Waals surface area contributed by atoms with Crippen LogP contribution in [0.4, 0.5) is 11.6 Å². The Morgan fingerprint density at radius 3 is 2.67 bits per heavy atom. The highest BCUT2D eigenvalue weighted by Crippen LogP contribution is 2.27. The minimum atomic E-state index is 0.743. The molecule has 0 saturated carbocycles. The molecule has 1 aromatic heterocycles. The second-order valence-electron chi connectivity index (χ2n) is 4.45. The number of hydrogen-bond donors (Lipinski definition) is 2. The van der Waals surface area contributed by atoms with Crippen molar-refractivity contribution in [2.75, 3.05) is 29.5 Å². The van der Waals surface area contributed by atoms with E-state index in [1.807, 2.05) is 0 Å². The molecule has 0 spiro atoms. The third-order valence-corrected chi connectivity index (χ3v) is 4.56. The Bertz CT molecular complexity index is 377. The number of aromatic nitrogens is 2. The number of thioether (sulfide) groups is 1. The molecule has 100 valence electrons. The van der Waals surface area contributed by atoms with Crippen molar-refractivity contribution in [1.82, 2.24) is 9.97 Å². The summed E-state index contributed by atoms with van der Waals surface area (Å²) in [5.74, 6) is 3.27. The fourth-order valence-electron chi connectivity index (χ4n) is 2.24. The first-order valence-electron chi connectivity index (χ1n) is 6.78. The van der Waals surface area contributed by atoms with Gasteiger partial charge in [0.1, 0.15) is 18.0 Å². The van der Waals surface area contributed by atoms with E-state index in [9.17, 15) is 0 Å². The van der Waals surface area contributed by atoms with Crippen molar-refractivity contribution in [3.63, 3.8) is 0 Å². The highest BCUT2D eigenvalue weighted by Gasteiger charge is 2.16. The molecular formula is C13H22N4S. The fraction of sp³-hybridized carbons (Fsp3) is 0.692. The summed E-state index contributed by atoms with van der Waals surface area (Å²) in [4.78, 5) is 8.69. The first-order valence-corrected chi connectivity index (χ1v) is 7.83. The Balaban J connectivity index is 2.03. The van der Waals surface area contributed by atoms with E-state index >= 15 is 0 Å². The zero-order valence-electron chi connectivity index (χ0n) is 11.2. The highest BCUT2D eigenvalue weighted by molar-refractivity contribution is 8.00. The molecule has 2 N–H and O–H groups in total. The molecule has 2 rings (SSSR count). The summed E-state index contributed by atoms with van der Waals surface area (Å²) in [5.41, 5.74) is 1.20. The fourth-order valence-corrected chi connectivity index (χ4v) is 3.44. The van der Waals surface area contributed by atoms with Crippen molar-refractivity contribution in [2.45, 2.75) is 38.4 Å². The van der Waals surface area contributed by atoms with Crippen LogP contribution in [0, 0.1) is 0 Å². The summed E-state index contributed by atoms with van der Waals surface area (Å²) in [6.45, 7) is 6.14. The predicted octanol–water partition coefficient (Wildman–Crippen LogP) is 2.78. The Morgan fingerprint density at radius 1 is 1.28 bits per heavy atom. The van der Waals surface area contributed by atoms with Crippen LogP contribution >= 0.6 is 11.8 Å². The van der Waals surface area contributed by atoms with Gasteiger partial charge >= 0.3 is 0 Å². The molecule has 1 unspecified atom stereocenters. The van der Waals surface area contributed by atoms with Gasteiger partial charge in [-0.05, 0) is 31.9 Å². The maximum atomic E-state index is 4.38. The van der Waals surface area contributed by atoms with Crippen LogP contribution in [0.3, 0.4) is 0 Å². The molecule has 1 saturated heterocycles. The second-order valence-corrected chi connectivity index (χ2v) is 5.86. The molecule has 1 fully saturated rings. The lowest BCUT2D eigenvalue weighted by molar-refractivity contribution is 0.801. The van der Waals surface area contributed by atoms with Crippen molar-refractivity contribution < 1.29 is 0 Å². The number of hydrogen-bond acceptors (Lipinski definition) is 5. The van der Waals surface area contributed by atoms with Crippen LogP contribution < -0.4 is 10.6 Å². The van der Waals surface area contributed by atoms with E-state index in [0.717, 1.165) is 36.4 Å². The molecule has 1 aliphatic rings.